The number of isothiocyanates is 1. The van der Waals surface area contributed by atoms with Gasteiger partial charge in [-0.3, -0.25) is 4.79 Å². The minimum Gasteiger partial charge on any atom is -0.267 e. The van der Waals surface area contributed by atoms with Crippen LogP contribution in [0.4, 0.5) is 0 Å². The van der Waals surface area contributed by atoms with Gasteiger partial charge < -0.3 is 0 Å². The number of nitrogens with zero attached hydrogens (tertiary/aromatic N) is 1. The Hall–Kier alpha value is -1.57. The molecule has 0 bridgehead atoms. The molecule has 0 aliphatic heterocycles. The van der Waals surface area contributed by atoms with Crippen LogP contribution < -0.4 is 0 Å². The van der Waals surface area contributed by atoms with E-state index in [9.17, 15) is 4.79 Å². The molecule has 0 aromatic heterocycles. The summed E-state index contributed by atoms with van der Waals surface area (Å²) in [5.41, 5.74) is 0.954. The van der Waals surface area contributed by atoms with Gasteiger partial charge >= 0.3 is 0 Å². The summed E-state index contributed by atoms with van der Waals surface area (Å²) in [4.78, 5) is 14.1. The van der Waals surface area contributed by atoms with E-state index in [4.69, 9.17) is 0 Å². The average Bonchev–Trinajstić information content (AvgIpc) is 2.17. The van der Waals surface area contributed by atoms with E-state index in [0.717, 1.165) is 5.56 Å². The van der Waals surface area contributed by atoms with E-state index in [0.29, 0.717) is 0 Å². The lowest BCUT2D eigenvalue weighted by Crippen LogP contribution is -1.83. The third-order valence-corrected chi connectivity index (χ3v) is 1.47. The fourth-order valence-electron chi connectivity index (χ4n) is 0.814. The normalized spacial score (nSPS) is 9.54. The highest BCUT2D eigenvalue weighted by Crippen LogP contribution is 2.00. The molecule has 13 heavy (non-hydrogen) atoms. The molecule has 0 heterocycles. The van der Waals surface area contributed by atoms with Crippen molar-refractivity contribution in [1.82, 2.24) is 0 Å². The van der Waals surface area contributed by atoms with Crippen LogP contribution in [-0.4, -0.2) is 11.1 Å². The summed E-state index contributed by atoms with van der Waals surface area (Å²) in [5, 5.41) is 2.01. The summed E-state index contributed by atoms with van der Waals surface area (Å²) in [6.07, 6.45) is 3.03. The molecule has 0 radical (unpaired) electrons. The molecule has 0 atom stereocenters. The molecule has 0 N–H and O–H groups in total. The SMILES string of the molecule is O=C(/C=C\c1ccccc1)N=C=S. The van der Waals surface area contributed by atoms with Gasteiger partial charge in [-0.2, -0.15) is 4.99 Å². The van der Waals surface area contributed by atoms with Crippen molar-refractivity contribution in [3.63, 3.8) is 0 Å². The molecule has 1 amide bonds. The van der Waals surface area contributed by atoms with Crippen LogP contribution >= 0.6 is 12.2 Å². The second-order valence-corrected chi connectivity index (χ2v) is 2.47. The lowest BCUT2D eigenvalue weighted by atomic mass is 10.2. The van der Waals surface area contributed by atoms with Gasteiger partial charge in [-0.1, -0.05) is 30.3 Å². The second-order valence-electron chi connectivity index (χ2n) is 2.29. The lowest BCUT2D eigenvalue weighted by Gasteiger charge is -1.88. The van der Waals surface area contributed by atoms with Gasteiger partial charge in [0, 0.05) is 6.08 Å². The molecule has 0 unspecified atom stereocenters. The van der Waals surface area contributed by atoms with E-state index in [2.05, 4.69) is 17.2 Å². The first kappa shape index (κ1) is 9.52. The summed E-state index contributed by atoms with van der Waals surface area (Å²) in [5.74, 6) is -0.390. The van der Waals surface area contributed by atoms with E-state index in [1.165, 1.54) is 6.08 Å². The van der Waals surface area contributed by atoms with Gasteiger partial charge in [0.05, 0.1) is 5.16 Å². The highest BCUT2D eigenvalue weighted by atomic mass is 32.1. The topological polar surface area (TPSA) is 29.4 Å². The number of carbonyl (C=O) groups is 1. The van der Waals surface area contributed by atoms with E-state index < -0.39 is 0 Å². The highest BCUT2D eigenvalue weighted by molar-refractivity contribution is 7.78. The monoisotopic (exact) mass is 189 g/mol. The number of rotatable bonds is 2. The number of carbonyl (C=O) groups excluding carboxylic acids is 1. The number of hydrogen-bond donors (Lipinski definition) is 0. The Morgan fingerprint density at radius 2 is 2.08 bits per heavy atom. The minimum atomic E-state index is -0.390. The zero-order valence-corrected chi connectivity index (χ0v) is 7.62. The van der Waals surface area contributed by atoms with Crippen molar-refractivity contribution in [2.45, 2.75) is 0 Å². The first-order chi connectivity index (χ1) is 6.33. The van der Waals surface area contributed by atoms with Crippen LogP contribution in [0.25, 0.3) is 6.08 Å². The van der Waals surface area contributed by atoms with E-state index in [1.54, 1.807) is 6.08 Å². The minimum absolute atomic E-state index is 0.390. The van der Waals surface area contributed by atoms with Crippen molar-refractivity contribution >= 4 is 29.4 Å². The molecule has 0 spiro atoms. The number of aliphatic imine (C=N–C) groups is 1. The molecule has 1 aromatic rings. The molecular weight excluding hydrogens is 182 g/mol. The van der Waals surface area contributed by atoms with Crippen LogP contribution in [0.2, 0.25) is 0 Å². The Balaban J connectivity index is 2.69. The van der Waals surface area contributed by atoms with Crippen LogP contribution in [0.1, 0.15) is 5.56 Å². The molecule has 0 aliphatic rings. The molecule has 1 rings (SSSR count). The Kier molecular flexibility index (Phi) is 3.76. The van der Waals surface area contributed by atoms with Crippen molar-refractivity contribution in [2.24, 2.45) is 4.99 Å². The van der Waals surface area contributed by atoms with Crippen molar-refractivity contribution < 1.29 is 4.79 Å². The Bertz CT molecular complexity index is 364. The van der Waals surface area contributed by atoms with Crippen molar-refractivity contribution in [1.29, 1.82) is 0 Å². The first-order valence-electron chi connectivity index (χ1n) is 3.68. The number of thiocarbonyl (C=S) groups is 1. The third kappa shape index (κ3) is 3.56. The third-order valence-electron chi connectivity index (χ3n) is 1.37. The van der Waals surface area contributed by atoms with E-state index >= 15 is 0 Å². The molecule has 0 saturated heterocycles. The van der Waals surface area contributed by atoms with Gasteiger partial charge in [0.2, 0.25) is 0 Å². The van der Waals surface area contributed by atoms with Gasteiger partial charge in [-0.05, 0) is 23.9 Å². The fraction of sp³-hybridized carbons (Fsp3) is 0. The Labute approximate surface area is 81.6 Å². The lowest BCUT2D eigenvalue weighted by molar-refractivity contribution is -0.113. The molecule has 0 fully saturated rings. The molecule has 1 aromatic carbocycles. The summed E-state index contributed by atoms with van der Waals surface area (Å²) in [6.45, 7) is 0. The number of hydrogen-bond acceptors (Lipinski definition) is 2. The van der Waals surface area contributed by atoms with Gasteiger partial charge in [-0.25, -0.2) is 0 Å². The van der Waals surface area contributed by atoms with Crippen LogP contribution in [0.3, 0.4) is 0 Å². The predicted molar refractivity (Wildman–Crippen MR) is 55.5 cm³/mol. The predicted octanol–water partition coefficient (Wildman–Crippen LogP) is 2.33. The van der Waals surface area contributed by atoms with E-state index in [1.807, 2.05) is 35.5 Å². The summed E-state index contributed by atoms with van der Waals surface area (Å²) >= 11 is 4.29. The smallest absolute Gasteiger partial charge is 0.267 e. The molecule has 0 aliphatic carbocycles. The summed E-state index contributed by atoms with van der Waals surface area (Å²) in [6, 6.07) is 9.49. The van der Waals surface area contributed by atoms with Crippen molar-refractivity contribution in [3.8, 4) is 0 Å². The van der Waals surface area contributed by atoms with Crippen LogP contribution in [0.15, 0.2) is 41.4 Å². The average molecular weight is 189 g/mol. The van der Waals surface area contributed by atoms with Crippen molar-refractivity contribution in [3.05, 3.63) is 42.0 Å². The zero-order chi connectivity index (χ0) is 9.52. The Morgan fingerprint density at radius 1 is 1.38 bits per heavy atom. The number of amides is 1. The van der Waals surface area contributed by atoms with Crippen molar-refractivity contribution in [2.75, 3.05) is 0 Å². The molecule has 2 nitrogen and oxygen atoms in total. The molecule has 0 saturated carbocycles. The maximum Gasteiger partial charge on any atom is 0.278 e. The van der Waals surface area contributed by atoms with Crippen LogP contribution in [0, 0.1) is 0 Å². The maximum absolute atomic E-state index is 10.8. The molecular formula is C10H7NOS. The molecule has 3 heteroatoms. The summed E-state index contributed by atoms with van der Waals surface area (Å²) in [7, 11) is 0. The Morgan fingerprint density at radius 3 is 2.69 bits per heavy atom. The fourth-order valence-corrected chi connectivity index (χ4v) is 0.904. The van der Waals surface area contributed by atoms with Gasteiger partial charge in [0.25, 0.3) is 5.91 Å². The number of benzene rings is 1. The first-order valence-corrected chi connectivity index (χ1v) is 4.09. The maximum atomic E-state index is 10.8. The second kappa shape index (κ2) is 5.14. The standard InChI is InChI=1S/C10H7NOS/c12-10(11-8-13)7-6-9-4-2-1-3-5-9/h1-7H/b7-6-. The molecule has 64 valence electrons. The van der Waals surface area contributed by atoms with E-state index in [-0.39, 0.29) is 5.91 Å². The van der Waals surface area contributed by atoms with Crippen LogP contribution in [-0.2, 0) is 4.79 Å². The van der Waals surface area contributed by atoms with Crippen LogP contribution in [0.5, 0.6) is 0 Å². The van der Waals surface area contributed by atoms with Gasteiger partial charge in [-0.15, -0.1) is 0 Å². The van der Waals surface area contributed by atoms with Gasteiger partial charge in [0.1, 0.15) is 0 Å². The quantitative estimate of drug-likeness (QED) is 0.406. The highest BCUT2D eigenvalue weighted by Gasteiger charge is 1.88. The summed E-state index contributed by atoms with van der Waals surface area (Å²) < 4.78 is 0. The largest absolute Gasteiger partial charge is 0.278 e. The van der Waals surface area contributed by atoms with Gasteiger partial charge in [0.15, 0.2) is 0 Å². The zero-order valence-electron chi connectivity index (χ0n) is 6.81.